The molecule has 2 aromatic heterocycles. The van der Waals surface area contributed by atoms with Gasteiger partial charge in [0, 0.05) is 10.9 Å². The second-order valence-electron chi connectivity index (χ2n) is 5.83. The maximum Gasteiger partial charge on any atom is 0.296 e. The van der Waals surface area contributed by atoms with Gasteiger partial charge in [0.25, 0.3) is 11.1 Å². The molecule has 27 heavy (non-hydrogen) atoms. The van der Waals surface area contributed by atoms with Crippen LogP contribution in [0.15, 0.2) is 62.6 Å². The average Bonchev–Trinajstić information content (AvgIpc) is 2.92. The Labute approximate surface area is 164 Å². The third-order valence-electron chi connectivity index (χ3n) is 3.88. The van der Waals surface area contributed by atoms with Gasteiger partial charge in [0.15, 0.2) is 0 Å². The number of hydrogen-bond acceptors (Lipinski definition) is 5. The molecule has 2 aromatic carbocycles. The summed E-state index contributed by atoms with van der Waals surface area (Å²) in [5.41, 5.74) is 0.884. The molecule has 0 saturated heterocycles. The molecule has 8 heteroatoms. The molecule has 0 aliphatic rings. The number of nitrogens with zero attached hydrogens (tertiary/aromatic N) is 3. The normalized spacial score (nSPS) is 12.0. The van der Waals surface area contributed by atoms with E-state index in [2.05, 4.69) is 26.0 Å². The average molecular weight is 444 g/mol. The topological polar surface area (TPSA) is 64.3 Å². The largest absolute Gasteiger partial charge is 0.296 e. The molecule has 0 fully saturated rings. The zero-order chi connectivity index (χ0) is 19.0. The lowest BCUT2D eigenvalue weighted by Gasteiger charge is -2.00. The van der Waals surface area contributed by atoms with Crippen molar-refractivity contribution in [1.29, 1.82) is 0 Å². The van der Waals surface area contributed by atoms with Gasteiger partial charge in [-0.1, -0.05) is 51.5 Å². The highest BCUT2D eigenvalue weighted by Crippen LogP contribution is 2.12. The molecule has 5 nitrogen and oxygen atoms in total. The van der Waals surface area contributed by atoms with E-state index in [-0.39, 0.29) is 28.5 Å². The molecule has 0 atom stereocenters. The Bertz CT molecular complexity index is 1320. The standard InChI is InChI=1S/C19H11BrFN3O2S/c20-13-3-1-2-12(8-13)10-16-18(26)24-19(27-16)22-17(25)15(23-24)9-11-4-6-14(21)7-5-11/h1-8,10H,9H2/b16-10+. The summed E-state index contributed by atoms with van der Waals surface area (Å²) in [6, 6.07) is 13.3. The van der Waals surface area contributed by atoms with E-state index in [0.717, 1.165) is 25.9 Å². The summed E-state index contributed by atoms with van der Waals surface area (Å²) in [5, 5.41) is 4.19. The van der Waals surface area contributed by atoms with Gasteiger partial charge in [0.05, 0.1) is 4.53 Å². The summed E-state index contributed by atoms with van der Waals surface area (Å²) >= 11 is 4.51. The molecule has 4 rings (SSSR count). The fourth-order valence-corrected chi connectivity index (χ4v) is 3.92. The van der Waals surface area contributed by atoms with Crippen LogP contribution in [-0.4, -0.2) is 14.6 Å². The second-order valence-corrected chi connectivity index (χ2v) is 7.76. The number of halogens is 2. The first-order valence-electron chi connectivity index (χ1n) is 7.94. The van der Waals surface area contributed by atoms with Crippen LogP contribution >= 0.6 is 27.3 Å². The van der Waals surface area contributed by atoms with Crippen molar-refractivity contribution in [1.82, 2.24) is 14.6 Å². The monoisotopic (exact) mass is 443 g/mol. The third-order valence-corrected chi connectivity index (χ3v) is 5.33. The van der Waals surface area contributed by atoms with Crippen LogP contribution in [0.3, 0.4) is 0 Å². The highest BCUT2D eigenvalue weighted by Gasteiger charge is 2.11. The molecule has 0 saturated carbocycles. The zero-order valence-corrected chi connectivity index (χ0v) is 16.1. The molecule has 2 heterocycles. The maximum atomic E-state index is 13.0. The van der Waals surface area contributed by atoms with Gasteiger partial charge < -0.3 is 0 Å². The SMILES string of the molecule is O=c1nc2s/c(=C/c3cccc(Br)c3)c(=O)n2nc1Cc1ccc(F)cc1. The Balaban J connectivity index is 1.80. The number of benzene rings is 2. The van der Waals surface area contributed by atoms with E-state index in [1.165, 1.54) is 12.1 Å². The molecular weight excluding hydrogens is 433 g/mol. The van der Waals surface area contributed by atoms with Crippen LogP contribution in [0, 0.1) is 5.82 Å². The molecule has 0 radical (unpaired) electrons. The van der Waals surface area contributed by atoms with Crippen molar-refractivity contribution in [2.24, 2.45) is 0 Å². The van der Waals surface area contributed by atoms with E-state index >= 15 is 0 Å². The van der Waals surface area contributed by atoms with Gasteiger partial charge >= 0.3 is 0 Å². The Morgan fingerprint density at radius 3 is 2.67 bits per heavy atom. The van der Waals surface area contributed by atoms with Gasteiger partial charge in [-0.05, 0) is 41.5 Å². The van der Waals surface area contributed by atoms with E-state index in [1.807, 2.05) is 24.3 Å². The quantitative estimate of drug-likeness (QED) is 0.488. The summed E-state index contributed by atoms with van der Waals surface area (Å²) in [4.78, 5) is 29.1. The van der Waals surface area contributed by atoms with E-state index in [9.17, 15) is 14.0 Å². The van der Waals surface area contributed by atoms with Crippen LogP contribution in [0.5, 0.6) is 0 Å². The van der Waals surface area contributed by atoms with Gasteiger partial charge in [-0.3, -0.25) is 9.59 Å². The second kappa shape index (κ2) is 7.13. The molecule has 0 aliphatic carbocycles. The molecule has 0 unspecified atom stereocenters. The van der Waals surface area contributed by atoms with Gasteiger partial charge in [0.2, 0.25) is 4.96 Å². The van der Waals surface area contributed by atoms with Crippen LogP contribution in [0.2, 0.25) is 0 Å². The summed E-state index contributed by atoms with van der Waals surface area (Å²) in [7, 11) is 0. The highest BCUT2D eigenvalue weighted by atomic mass is 79.9. The number of hydrogen-bond donors (Lipinski definition) is 0. The first-order chi connectivity index (χ1) is 13.0. The molecule has 0 bridgehead atoms. The van der Waals surface area contributed by atoms with Gasteiger partial charge in [-0.25, -0.2) is 4.39 Å². The number of fused-ring (bicyclic) bond motifs is 1. The molecule has 0 amide bonds. The molecule has 4 aromatic rings. The predicted octanol–water partition coefficient (Wildman–Crippen LogP) is 2.55. The van der Waals surface area contributed by atoms with E-state index in [4.69, 9.17) is 0 Å². The first-order valence-corrected chi connectivity index (χ1v) is 9.55. The van der Waals surface area contributed by atoms with E-state index < -0.39 is 5.56 Å². The molecule has 0 N–H and O–H groups in total. The van der Waals surface area contributed by atoms with Crippen LogP contribution in [0.25, 0.3) is 11.0 Å². The minimum absolute atomic E-state index is 0.142. The lowest BCUT2D eigenvalue weighted by molar-refractivity contribution is 0.627. The highest BCUT2D eigenvalue weighted by molar-refractivity contribution is 9.10. The van der Waals surface area contributed by atoms with Crippen molar-refractivity contribution in [3.8, 4) is 0 Å². The third kappa shape index (κ3) is 3.72. The Morgan fingerprint density at radius 1 is 1.15 bits per heavy atom. The van der Waals surface area contributed by atoms with Crippen LogP contribution in [0.4, 0.5) is 4.39 Å². The predicted molar refractivity (Wildman–Crippen MR) is 106 cm³/mol. The van der Waals surface area contributed by atoms with Crippen LogP contribution < -0.4 is 15.7 Å². The smallest absolute Gasteiger partial charge is 0.266 e. The van der Waals surface area contributed by atoms with Gasteiger partial charge in [0.1, 0.15) is 11.5 Å². The lowest BCUT2D eigenvalue weighted by Crippen LogP contribution is -2.28. The van der Waals surface area contributed by atoms with Crippen molar-refractivity contribution in [2.75, 3.05) is 0 Å². The summed E-state index contributed by atoms with van der Waals surface area (Å²) in [6.45, 7) is 0. The number of thiazole rings is 1. The molecule has 0 spiro atoms. The number of rotatable bonds is 3. The van der Waals surface area contributed by atoms with Gasteiger partial charge in [-0.15, -0.1) is 0 Å². The summed E-state index contributed by atoms with van der Waals surface area (Å²) < 4.78 is 15.5. The van der Waals surface area contributed by atoms with Crippen molar-refractivity contribution in [3.63, 3.8) is 0 Å². The Kier molecular flexibility index (Phi) is 4.67. The van der Waals surface area contributed by atoms with Crippen molar-refractivity contribution in [2.45, 2.75) is 6.42 Å². The van der Waals surface area contributed by atoms with Gasteiger partial charge in [-0.2, -0.15) is 14.6 Å². The summed E-state index contributed by atoms with van der Waals surface area (Å²) in [6.07, 6.45) is 1.91. The zero-order valence-electron chi connectivity index (χ0n) is 13.7. The van der Waals surface area contributed by atoms with Crippen molar-refractivity contribution < 1.29 is 4.39 Å². The van der Waals surface area contributed by atoms with Crippen molar-refractivity contribution >= 4 is 38.3 Å². The fraction of sp³-hybridized carbons (Fsp3) is 0.0526. The Morgan fingerprint density at radius 2 is 1.93 bits per heavy atom. The minimum atomic E-state index is -0.491. The summed E-state index contributed by atoms with van der Waals surface area (Å²) in [5.74, 6) is -0.357. The van der Waals surface area contributed by atoms with E-state index in [0.29, 0.717) is 10.1 Å². The molecule has 134 valence electrons. The van der Waals surface area contributed by atoms with Crippen LogP contribution in [0.1, 0.15) is 16.8 Å². The van der Waals surface area contributed by atoms with Crippen LogP contribution in [-0.2, 0) is 6.42 Å². The lowest BCUT2D eigenvalue weighted by atomic mass is 10.1. The molecule has 0 aliphatic heterocycles. The van der Waals surface area contributed by atoms with Crippen molar-refractivity contribution in [3.05, 3.63) is 101 Å². The van der Waals surface area contributed by atoms with E-state index in [1.54, 1.807) is 18.2 Å². The first kappa shape index (κ1) is 17.7. The molecular formula is C19H11BrFN3O2S. The Hall–Kier alpha value is -2.71. The number of aromatic nitrogens is 3. The maximum absolute atomic E-state index is 13.0. The minimum Gasteiger partial charge on any atom is -0.266 e. The fourth-order valence-electron chi connectivity index (χ4n) is 2.60.